The largest absolute Gasteiger partial charge is 0.392 e. The lowest BCUT2D eigenvalue weighted by Crippen LogP contribution is -2.17. The molecule has 3 rings (SSSR count). The molecule has 2 fully saturated rings. The molecule has 1 heterocycles. The van der Waals surface area contributed by atoms with Crippen molar-refractivity contribution in [1.29, 1.82) is 0 Å². The average Bonchev–Trinajstić information content (AvgIpc) is 2.80. The third-order valence-electron chi connectivity index (χ3n) is 5.32. The van der Waals surface area contributed by atoms with Gasteiger partial charge in [-0.1, -0.05) is 20.3 Å². The van der Waals surface area contributed by atoms with Gasteiger partial charge in [0.2, 0.25) is 0 Å². The molecule has 1 N–H and O–H groups in total. The van der Waals surface area contributed by atoms with Crippen molar-refractivity contribution in [1.82, 2.24) is 9.78 Å². The normalized spacial score (nSPS) is 30.6. The summed E-state index contributed by atoms with van der Waals surface area (Å²) in [6.07, 6.45) is 8.95. The molecule has 3 nitrogen and oxygen atoms in total. The van der Waals surface area contributed by atoms with E-state index in [9.17, 15) is 5.11 Å². The summed E-state index contributed by atoms with van der Waals surface area (Å²) in [5, 5.41) is 15.0. The molecule has 3 heteroatoms. The van der Waals surface area contributed by atoms with E-state index in [1.54, 1.807) is 0 Å². The molecule has 0 aliphatic heterocycles. The van der Waals surface area contributed by atoms with Gasteiger partial charge >= 0.3 is 0 Å². The van der Waals surface area contributed by atoms with Crippen LogP contribution < -0.4 is 0 Å². The van der Waals surface area contributed by atoms with Crippen LogP contribution in [0.3, 0.4) is 0 Å². The van der Waals surface area contributed by atoms with Crippen LogP contribution in [0.4, 0.5) is 0 Å². The van der Waals surface area contributed by atoms with Crippen LogP contribution >= 0.6 is 0 Å². The minimum atomic E-state index is -0.166. The van der Waals surface area contributed by atoms with Crippen molar-refractivity contribution in [2.24, 2.45) is 17.8 Å². The Morgan fingerprint density at radius 2 is 2.00 bits per heavy atom. The van der Waals surface area contributed by atoms with E-state index in [-0.39, 0.29) is 6.10 Å². The lowest BCUT2D eigenvalue weighted by Gasteiger charge is -2.13. The van der Waals surface area contributed by atoms with Gasteiger partial charge in [-0.2, -0.15) is 5.10 Å². The standard InChI is InChI=1S/C16H26N2O/c1-3-12(4-2)18-9-8-11(17-18)10-15(19)16-13-6-5-7-14(13)16/h8-9,12-16,19H,3-7,10H2,1-2H3. The summed E-state index contributed by atoms with van der Waals surface area (Å²) in [6, 6.07) is 2.59. The molecule has 3 unspecified atom stereocenters. The van der Waals surface area contributed by atoms with E-state index in [0.717, 1.165) is 36.8 Å². The van der Waals surface area contributed by atoms with E-state index >= 15 is 0 Å². The van der Waals surface area contributed by atoms with Crippen molar-refractivity contribution >= 4 is 0 Å². The maximum Gasteiger partial charge on any atom is 0.0650 e. The van der Waals surface area contributed by atoms with Gasteiger partial charge in [0.05, 0.1) is 17.8 Å². The summed E-state index contributed by atoms with van der Waals surface area (Å²) < 4.78 is 2.08. The van der Waals surface area contributed by atoms with Crippen LogP contribution in [-0.4, -0.2) is 21.0 Å². The van der Waals surface area contributed by atoms with Crippen LogP contribution in [-0.2, 0) is 6.42 Å². The Hall–Kier alpha value is -0.830. The van der Waals surface area contributed by atoms with Crippen LogP contribution in [0.15, 0.2) is 12.3 Å². The Balaban J connectivity index is 1.58. The van der Waals surface area contributed by atoms with Gasteiger partial charge in [0.15, 0.2) is 0 Å². The first kappa shape index (κ1) is 13.2. The molecule has 1 aromatic rings. The Morgan fingerprint density at radius 3 is 2.63 bits per heavy atom. The SMILES string of the molecule is CCC(CC)n1ccc(CC(O)C2C3CCCC32)n1. The molecule has 1 aromatic heterocycles. The first-order valence-corrected chi connectivity index (χ1v) is 7.96. The molecular weight excluding hydrogens is 236 g/mol. The molecule has 3 atom stereocenters. The zero-order valence-corrected chi connectivity index (χ0v) is 12.1. The molecule has 106 valence electrons. The van der Waals surface area contributed by atoms with Gasteiger partial charge in [-0.25, -0.2) is 0 Å². The summed E-state index contributed by atoms with van der Waals surface area (Å²) in [7, 11) is 0. The maximum absolute atomic E-state index is 10.4. The average molecular weight is 262 g/mol. The van der Waals surface area contributed by atoms with Crippen molar-refractivity contribution in [3.8, 4) is 0 Å². The van der Waals surface area contributed by atoms with Crippen molar-refractivity contribution in [2.75, 3.05) is 0 Å². The molecular formula is C16H26N2O. The Labute approximate surface area is 116 Å². The molecule has 0 bridgehead atoms. The molecule has 0 saturated heterocycles. The lowest BCUT2D eigenvalue weighted by molar-refractivity contribution is 0.134. The van der Waals surface area contributed by atoms with Crippen molar-refractivity contribution in [2.45, 2.75) is 64.5 Å². The zero-order chi connectivity index (χ0) is 13.4. The molecule has 0 radical (unpaired) electrons. The van der Waals surface area contributed by atoms with E-state index in [4.69, 9.17) is 0 Å². The Bertz CT molecular complexity index is 414. The highest BCUT2D eigenvalue weighted by Gasteiger charge is 2.55. The Kier molecular flexibility index (Phi) is 3.66. The molecule has 2 aliphatic rings. The van der Waals surface area contributed by atoms with E-state index in [2.05, 4.69) is 35.9 Å². The van der Waals surface area contributed by atoms with Crippen LogP contribution in [0, 0.1) is 17.8 Å². The highest BCUT2D eigenvalue weighted by molar-refractivity contribution is 5.09. The second kappa shape index (κ2) is 5.28. The summed E-state index contributed by atoms with van der Waals surface area (Å²) in [6.45, 7) is 4.41. The quantitative estimate of drug-likeness (QED) is 0.855. The van der Waals surface area contributed by atoms with E-state index < -0.39 is 0 Å². The maximum atomic E-state index is 10.4. The van der Waals surface area contributed by atoms with Gasteiger partial charge in [-0.05, 0) is 49.5 Å². The van der Waals surface area contributed by atoms with Gasteiger partial charge in [0.25, 0.3) is 0 Å². The van der Waals surface area contributed by atoms with Crippen molar-refractivity contribution < 1.29 is 5.11 Å². The van der Waals surface area contributed by atoms with Crippen LogP contribution in [0.5, 0.6) is 0 Å². The number of hydrogen-bond donors (Lipinski definition) is 1. The number of aromatic nitrogens is 2. The number of fused-ring (bicyclic) bond motifs is 1. The molecule has 2 aliphatic carbocycles. The monoisotopic (exact) mass is 262 g/mol. The number of hydrogen-bond acceptors (Lipinski definition) is 2. The second-order valence-electron chi connectivity index (χ2n) is 6.36. The minimum Gasteiger partial charge on any atom is -0.392 e. The summed E-state index contributed by atoms with van der Waals surface area (Å²) in [5.74, 6) is 2.24. The molecule has 0 spiro atoms. The number of rotatable bonds is 6. The van der Waals surface area contributed by atoms with Crippen LogP contribution in [0.2, 0.25) is 0 Å². The summed E-state index contributed by atoms with van der Waals surface area (Å²) >= 11 is 0. The molecule has 19 heavy (non-hydrogen) atoms. The van der Waals surface area contributed by atoms with E-state index in [0.29, 0.717) is 12.0 Å². The third-order valence-corrected chi connectivity index (χ3v) is 5.32. The van der Waals surface area contributed by atoms with Gasteiger partial charge in [-0.3, -0.25) is 4.68 Å². The number of aliphatic hydroxyl groups excluding tert-OH is 1. The zero-order valence-electron chi connectivity index (χ0n) is 12.1. The third kappa shape index (κ3) is 2.45. The van der Waals surface area contributed by atoms with Gasteiger partial charge in [-0.15, -0.1) is 0 Å². The first-order chi connectivity index (χ1) is 9.24. The molecule has 0 amide bonds. The summed E-state index contributed by atoms with van der Waals surface area (Å²) in [4.78, 5) is 0. The molecule has 2 saturated carbocycles. The fourth-order valence-corrected chi connectivity index (χ4v) is 4.15. The van der Waals surface area contributed by atoms with Crippen LogP contribution in [0.1, 0.15) is 57.7 Å². The fourth-order valence-electron chi connectivity index (χ4n) is 4.15. The predicted molar refractivity (Wildman–Crippen MR) is 75.9 cm³/mol. The van der Waals surface area contributed by atoms with Crippen LogP contribution in [0.25, 0.3) is 0 Å². The second-order valence-corrected chi connectivity index (χ2v) is 6.36. The lowest BCUT2D eigenvalue weighted by atomic mass is 10.0. The molecule has 0 aromatic carbocycles. The van der Waals surface area contributed by atoms with Crippen molar-refractivity contribution in [3.63, 3.8) is 0 Å². The van der Waals surface area contributed by atoms with Crippen molar-refractivity contribution in [3.05, 3.63) is 18.0 Å². The number of nitrogens with zero attached hydrogens (tertiary/aromatic N) is 2. The van der Waals surface area contributed by atoms with Gasteiger partial charge < -0.3 is 5.11 Å². The van der Waals surface area contributed by atoms with E-state index in [1.165, 1.54) is 19.3 Å². The highest BCUT2D eigenvalue weighted by Crippen LogP contribution is 2.59. The smallest absolute Gasteiger partial charge is 0.0650 e. The first-order valence-electron chi connectivity index (χ1n) is 7.96. The number of aliphatic hydroxyl groups is 1. The topological polar surface area (TPSA) is 38.0 Å². The summed E-state index contributed by atoms with van der Waals surface area (Å²) in [5.41, 5.74) is 1.06. The fraction of sp³-hybridized carbons (Fsp3) is 0.812. The Morgan fingerprint density at radius 1 is 1.32 bits per heavy atom. The van der Waals surface area contributed by atoms with Gasteiger partial charge in [0.1, 0.15) is 0 Å². The predicted octanol–water partition coefficient (Wildman–Crippen LogP) is 3.19. The van der Waals surface area contributed by atoms with Gasteiger partial charge in [0, 0.05) is 12.6 Å². The minimum absolute atomic E-state index is 0.166. The van der Waals surface area contributed by atoms with E-state index in [1.807, 2.05) is 0 Å². The highest BCUT2D eigenvalue weighted by atomic mass is 16.3.